The van der Waals surface area contributed by atoms with E-state index in [1.165, 1.54) is 16.7 Å². The van der Waals surface area contributed by atoms with E-state index in [0.29, 0.717) is 17.2 Å². The molecule has 1 aliphatic heterocycles. The largest absolute Gasteiger partial charge is 0.321 e. The quantitative estimate of drug-likeness (QED) is 0.899. The van der Waals surface area contributed by atoms with Gasteiger partial charge in [0.2, 0.25) is 0 Å². The molecule has 24 heavy (non-hydrogen) atoms. The van der Waals surface area contributed by atoms with E-state index in [9.17, 15) is 4.79 Å². The fourth-order valence-electron chi connectivity index (χ4n) is 3.06. The first-order chi connectivity index (χ1) is 11.5. The number of allylic oxidation sites excluding steroid dienone is 1. The lowest BCUT2D eigenvalue weighted by atomic mass is 9.91. The summed E-state index contributed by atoms with van der Waals surface area (Å²) in [7, 11) is 0. The molecule has 0 saturated carbocycles. The number of hydrogen-bond acceptors (Lipinski definition) is 3. The molecule has 1 atom stereocenters. The molecular weight excluding hydrogens is 298 g/mol. The minimum atomic E-state index is -0.104. The smallest absolute Gasteiger partial charge is 0.255 e. The number of nitrogens with zero attached hydrogens (tertiary/aromatic N) is 1. The van der Waals surface area contributed by atoms with Crippen LogP contribution in [-0.2, 0) is 6.54 Å². The van der Waals surface area contributed by atoms with E-state index in [2.05, 4.69) is 28.6 Å². The second-order valence-corrected chi connectivity index (χ2v) is 6.63. The molecule has 4 heteroatoms. The van der Waals surface area contributed by atoms with Gasteiger partial charge in [-0.3, -0.25) is 9.78 Å². The topological polar surface area (TPSA) is 54.0 Å². The molecule has 0 bridgehead atoms. The number of anilines is 1. The third-order valence-corrected chi connectivity index (χ3v) is 4.17. The van der Waals surface area contributed by atoms with Crippen LogP contribution in [0, 0.1) is 0 Å². The summed E-state index contributed by atoms with van der Waals surface area (Å²) in [6.07, 6.45) is 5.49. The van der Waals surface area contributed by atoms with E-state index < -0.39 is 0 Å². The molecule has 0 saturated heterocycles. The van der Waals surface area contributed by atoms with Crippen LogP contribution in [0.1, 0.15) is 53.7 Å². The highest BCUT2D eigenvalue weighted by Crippen LogP contribution is 2.24. The second kappa shape index (κ2) is 6.97. The number of nitrogens with one attached hydrogen (secondary N) is 2. The molecule has 1 aromatic carbocycles. The number of benzene rings is 1. The lowest BCUT2D eigenvalue weighted by Gasteiger charge is -2.23. The van der Waals surface area contributed by atoms with Crippen LogP contribution in [0.25, 0.3) is 6.08 Å². The molecule has 4 nitrogen and oxygen atoms in total. The van der Waals surface area contributed by atoms with Crippen molar-refractivity contribution in [3.63, 3.8) is 0 Å². The van der Waals surface area contributed by atoms with E-state index in [0.717, 1.165) is 18.7 Å². The molecule has 0 radical (unpaired) electrons. The van der Waals surface area contributed by atoms with Gasteiger partial charge in [-0.05, 0) is 54.7 Å². The van der Waals surface area contributed by atoms with Gasteiger partial charge in [-0.2, -0.15) is 0 Å². The summed E-state index contributed by atoms with van der Waals surface area (Å²) in [6.45, 7) is 8.08. The molecule has 1 aromatic heterocycles. The van der Waals surface area contributed by atoms with Crippen molar-refractivity contribution in [2.75, 3.05) is 11.9 Å². The molecule has 2 heterocycles. The van der Waals surface area contributed by atoms with E-state index in [1.54, 1.807) is 12.4 Å². The maximum Gasteiger partial charge on any atom is 0.255 e. The van der Waals surface area contributed by atoms with Gasteiger partial charge in [0.1, 0.15) is 0 Å². The fourth-order valence-corrected chi connectivity index (χ4v) is 3.06. The van der Waals surface area contributed by atoms with Crippen molar-refractivity contribution < 1.29 is 4.79 Å². The SMILES string of the molecule is CC(C)=Cc1cncc(NC(=O)c2ccc3c(c2)CNCC3C)c1. The fraction of sp³-hybridized carbons (Fsp3) is 0.300. The zero-order valence-electron chi connectivity index (χ0n) is 14.4. The van der Waals surface area contributed by atoms with Crippen molar-refractivity contribution in [2.45, 2.75) is 33.2 Å². The minimum Gasteiger partial charge on any atom is -0.321 e. The number of amides is 1. The summed E-state index contributed by atoms with van der Waals surface area (Å²) in [5.74, 6) is 0.378. The summed E-state index contributed by atoms with van der Waals surface area (Å²) < 4.78 is 0. The maximum absolute atomic E-state index is 12.5. The molecule has 124 valence electrons. The molecule has 1 aliphatic rings. The van der Waals surface area contributed by atoms with Crippen LogP contribution < -0.4 is 10.6 Å². The van der Waals surface area contributed by atoms with Crippen LogP contribution in [0.5, 0.6) is 0 Å². The lowest BCUT2D eigenvalue weighted by Crippen LogP contribution is -2.27. The average Bonchev–Trinajstić information content (AvgIpc) is 2.54. The molecule has 2 aromatic rings. The van der Waals surface area contributed by atoms with E-state index in [4.69, 9.17) is 0 Å². The van der Waals surface area contributed by atoms with Crippen LogP contribution in [0.2, 0.25) is 0 Å². The van der Waals surface area contributed by atoms with Gasteiger partial charge in [-0.1, -0.05) is 24.6 Å². The average molecular weight is 321 g/mol. The molecular formula is C20H23N3O. The van der Waals surface area contributed by atoms with Crippen molar-refractivity contribution in [3.05, 3.63) is 64.5 Å². The highest BCUT2D eigenvalue weighted by atomic mass is 16.1. The molecule has 1 amide bonds. The normalized spacial score (nSPS) is 16.2. The maximum atomic E-state index is 12.5. The molecule has 0 spiro atoms. The zero-order chi connectivity index (χ0) is 17.1. The third-order valence-electron chi connectivity index (χ3n) is 4.17. The van der Waals surface area contributed by atoms with Crippen LogP contribution in [0.15, 0.2) is 42.2 Å². The van der Waals surface area contributed by atoms with Crippen LogP contribution in [0.4, 0.5) is 5.69 Å². The molecule has 0 fully saturated rings. The van der Waals surface area contributed by atoms with Gasteiger partial charge in [0.15, 0.2) is 0 Å². The Labute approximate surface area is 143 Å². The van der Waals surface area contributed by atoms with Gasteiger partial charge >= 0.3 is 0 Å². The predicted octanol–water partition coefficient (Wildman–Crippen LogP) is 3.96. The van der Waals surface area contributed by atoms with Crippen molar-refractivity contribution in [1.29, 1.82) is 0 Å². The Bertz CT molecular complexity index is 791. The highest BCUT2D eigenvalue weighted by molar-refractivity contribution is 6.04. The molecule has 3 rings (SSSR count). The van der Waals surface area contributed by atoms with Gasteiger partial charge < -0.3 is 10.6 Å². The lowest BCUT2D eigenvalue weighted by molar-refractivity contribution is 0.102. The second-order valence-electron chi connectivity index (χ2n) is 6.63. The van der Waals surface area contributed by atoms with E-state index >= 15 is 0 Å². The standard InChI is InChI=1S/C20H23N3O/c1-13(2)6-15-7-18(12-22-10-15)23-20(24)16-4-5-19-14(3)9-21-11-17(19)8-16/h4-8,10,12,14,21H,9,11H2,1-3H3,(H,23,24). The zero-order valence-corrected chi connectivity index (χ0v) is 14.4. The van der Waals surface area contributed by atoms with Crippen molar-refractivity contribution in [2.24, 2.45) is 0 Å². The highest BCUT2D eigenvalue weighted by Gasteiger charge is 2.17. The van der Waals surface area contributed by atoms with Gasteiger partial charge in [-0.15, -0.1) is 0 Å². The van der Waals surface area contributed by atoms with Crippen molar-refractivity contribution in [3.8, 4) is 0 Å². The number of carbonyl (C=O) groups excluding carboxylic acids is 1. The van der Waals surface area contributed by atoms with Gasteiger partial charge in [0.05, 0.1) is 11.9 Å². The summed E-state index contributed by atoms with van der Waals surface area (Å²) in [5.41, 5.74) is 6.10. The number of pyridine rings is 1. The summed E-state index contributed by atoms with van der Waals surface area (Å²) in [6, 6.07) is 7.90. The van der Waals surface area contributed by atoms with Gasteiger partial charge in [0, 0.05) is 24.8 Å². The molecule has 1 unspecified atom stereocenters. The Morgan fingerprint density at radius 2 is 2.12 bits per heavy atom. The Kier molecular flexibility index (Phi) is 4.76. The Morgan fingerprint density at radius 3 is 2.92 bits per heavy atom. The van der Waals surface area contributed by atoms with Gasteiger partial charge in [0.25, 0.3) is 5.91 Å². The molecule has 0 aliphatic carbocycles. The Morgan fingerprint density at radius 1 is 1.29 bits per heavy atom. The Hall–Kier alpha value is -2.46. The first-order valence-corrected chi connectivity index (χ1v) is 8.28. The first-order valence-electron chi connectivity index (χ1n) is 8.28. The van der Waals surface area contributed by atoms with E-state index in [-0.39, 0.29) is 5.91 Å². The van der Waals surface area contributed by atoms with E-state index in [1.807, 2.05) is 38.1 Å². The third kappa shape index (κ3) is 3.71. The summed E-state index contributed by atoms with van der Waals surface area (Å²) >= 11 is 0. The van der Waals surface area contributed by atoms with Crippen LogP contribution in [0.3, 0.4) is 0 Å². The summed E-state index contributed by atoms with van der Waals surface area (Å²) in [5, 5.41) is 6.32. The molecule has 2 N–H and O–H groups in total. The number of rotatable bonds is 3. The van der Waals surface area contributed by atoms with Crippen LogP contribution in [-0.4, -0.2) is 17.4 Å². The summed E-state index contributed by atoms with van der Waals surface area (Å²) in [4.78, 5) is 16.7. The van der Waals surface area contributed by atoms with Crippen LogP contribution >= 0.6 is 0 Å². The van der Waals surface area contributed by atoms with Gasteiger partial charge in [-0.25, -0.2) is 0 Å². The number of hydrogen-bond donors (Lipinski definition) is 2. The Balaban J connectivity index is 1.79. The number of fused-ring (bicyclic) bond motifs is 1. The van der Waals surface area contributed by atoms with Crippen molar-refractivity contribution >= 4 is 17.7 Å². The first kappa shape index (κ1) is 16.4. The van der Waals surface area contributed by atoms with Crippen molar-refractivity contribution in [1.82, 2.24) is 10.3 Å². The minimum absolute atomic E-state index is 0.104. The monoisotopic (exact) mass is 321 g/mol. The number of aromatic nitrogens is 1. The number of carbonyl (C=O) groups is 1. The predicted molar refractivity (Wildman–Crippen MR) is 98.1 cm³/mol.